The second-order valence-corrected chi connectivity index (χ2v) is 6.96. The molecule has 6 heteroatoms. The van der Waals surface area contributed by atoms with Crippen molar-refractivity contribution in [3.8, 4) is 0 Å². The van der Waals surface area contributed by atoms with Crippen molar-refractivity contribution in [3.63, 3.8) is 0 Å². The summed E-state index contributed by atoms with van der Waals surface area (Å²) in [6.45, 7) is 5.26. The lowest BCUT2D eigenvalue weighted by Gasteiger charge is -2.04. The Hall–Kier alpha value is -2.34. The number of hydrogen-bond donors (Lipinski definition) is 0. The van der Waals surface area contributed by atoms with Gasteiger partial charge in [-0.1, -0.05) is 15.9 Å². The van der Waals surface area contributed by atoms with Gasteiger partial charge in [-0.05, 0) is 45.0 Å². The van der Waals surface area contributed by atoms with Crippen LogP contribution in [0.4, 0.5) is 0 Å². The Morgan fingerprint density at radius 1 is 1.20 bits per heavy atom. The summed E-state index contributed by atoms with van der Waals surface area (Å²) in [5.41, 5.74) is 3.70. The Labute approximate surface area is 153 Å². The van der Waals surface area contributed by atoms with Gasteiger partial charge >= 0.3 is 5.97 Å². The minimum Gasteiger partial charge on any atom is -0.451 e. The average molecular weight is 404 g/mol. The van der Waals surface area contributed by atoms with Crippen molar-refractivity contribution in [1.82, 2.24) is 4.57 Å². The lowest BCUT2D eigenvalue weighted by atomic mass is 10.1. The van der Waals surface area contributed by atoms with Crippen molar-refractivity contribution >= 4 is 38.7 Å². The Morgan fingerprint density at radius 2 is 1.92 bits per heavy atom. The van der Waals surface area contributed by atoms with Crippen molar-refractivity contribution in [3.05, 3.63) is 57.0 Å². The molecule has 0 fully saturated rings. The SMILES string of the molecule is Cc1c(C(=O)OCC(=O)c2cc(C)n(C)c2C)oc2ccc(Br)cc12. The highest BCUT2D eigenvalue weighted by molar-refractivity contribution is 9.10. The van der Waals surface area contributed by atoms with Gasteiger partial charge in [-0.15, -0.1) is 0 Å². The third-order valence-corrected chi connectivity index (χ3v) is 4.99. The van der Waals surface area contributed by atoms with E-state index in [1.54, 1.807) is 19.1 Å². The van der Waals surface area contributed by atoms with Gasteiger partial charge in [0.25, 0.3) is 0 Å². The minimum atomic E-state index is -0.636. The molecule has 130 valence electrons. The van der Waals surface area contributed by atoms with Crippen LogP contribution in [-0.4, -0.2) is 22.9 Å². The topological polar surface area (TPSA) is 61.4 Å². The van der Waals surface area contributed by atoms with Crippen LogP contribution in [0.15, 0.2) is 33.2 Å². The van der Waals surface area contributed by atoms with E-state index in [4.69, 9.17) is 9.15 Å². The molecule has 5 nitrogen and oxygen atoms in total. The number of ketones is 1. The van der Waals surface area contributed by atoms with Crippen molar-refractivity contribution in [2.24, 2.45) is 7.05 Å². The summed E-state index contributed by atoms with van der Waals surface area (Å²) in [5, 5.41) is 0.835. The van der Waals surface area contributed by atoms with Gasteiger partial charge in [0.2, 0.25) is 11.5 Å². The van der Waals surface area contributed by atoms with E-state index in [9.17, 15) is 9.59 Å². The third kappa shape index (κ3) is 3.14. The molecule has 0 N–H and O–H groups in total. The Kier molecular flexibility index (Phi) is 4.56. The molecule has 0 atom stereocenters. The fourth-order valence-electron chi connectivity index (χ4n) is 2.80. The number of ether oxygens (including phenoxy) is 1. The lowest BCUT2D eigenvalue weighted by molar-refractivity contribution is 0.0445. The molecule has 0 aliphatic rings. The zero-order chi connectivity index (χ0) is 18.3. The molecule has 25 heavy (non-hydrogen) atoms. The fraction of sp³-hybridized carbons (Fsp3) is 0.263. The predicted molar refractivity (Wildman–Crippen MR) is 98.2 cm³/mol. The van der Waals surface area contributed by atoms with E-state index in [1.165, 1.54) is 0 Å². The molecular weight excluding hydrogens is 386 g/mol. The van der Waals surface area contributed by atoms with Gasteiger partial charge in [-0.2, -0.15) is 0 Å². The van der Waals surface area contributed by atoms with Gasteiger partial charge in [0.1, 0.15) is 5.58 Å². The quantitative estimate of drug-likeness (QED) is 0.475. The second kappa shape index (κ2) is 6.52. The molecule has 0 spiro atoms. The highest BCUT2D eigenvalue weighted by Crippen LogP contribution is 2.28. The Balaban J connectivity index is 1.77. The third-order valence-electron chi connectivity index (χ3n) is 4.49. The summed E-state index contributed by atoms with van der Waals surface area (Å²) in [6.07, 6.45) is 0. The maximum Gasteiger partial charge on any atom is 0.375 e. The van der Waals surface area contributed by atoms with Crippen LogP contribution < -0.4 is 0 Å². The molecule has 0 saturated carbocycles. The number of rotatable bonds is 4. The molecular formula is C19H18BrNO4. The molecule has 0 saturated heterocycles. The molecule has 0 unspecified atom stereocenters. The van der Waals surface area contributed by atoms with Crippen molar-refractivity contribution in [2.45, 2.75) is 20.8 Å². The summed E-state index contributed by atoms with van der Waals surface area (Å²) in [4.78, 5) is 24.7. The van der Waals surface area contributed by atoms with Gasteiger partial charge in [-0.3, -0.25) is 4.79 Å². The Morgan fingerprint density at radius 3 is 2.56 bits per heavy atom. The van der Waals surface area contributed by atoms with E-state index in [0.717, 1.165) is 21.2 Å². The highest BCUT2D eigenvalue weighted by atomic mass is 79.9. The zero-order valence-corrected chi connectivity index (χ0v) is 16.1. The van der Waals surface area contributed by atoms with E-state index in [0.29, 0.717) is 16.7 Å². The van der Waals surface area contributed by atoms with E-state index in [-0.39, 0.29) is 18.2 Å². The zero-order valence-electron chi connectivity index (χ0n) is 14.5. The van der Waals surface area contributed by atoms with Crippen LogP contribution in [0.3, 0.4) is 0 Å². The van der Waals surface area contributed by atoms with Crippen LogP contribution >= 0.6 is 15.9 Å². The molecule has 2 aromatic heterocycles. The average Bonchev–Trinajstić information content (AvgIpc) is 3.04. The number of esters is 1. The lowest BCUT2D eigenvalue weighted by Crippen LogP contribution is -2.15. The number of benzene rings is 1. The normalized spacial score (nSPS) is 11.1. The standard InChI is InChI=1S/C19H18BrNO4/c1-10-7-15(12(3)21(10)4)16(22)9-24-19(23)18-11(2)14-8-13(20)5-6-17(14)25-18/h5-8H,9H2,1-4H3. The molecule has 1 aromatic carbocycles. The minimum absolute atomic E-state index is 0.127. The van der Waals surface area contributed by atoms with Crippen molar-refractivity contribution in [1.29, 1.82) is 0 Å². The largest absolute Gasteiger partial charge is 0.451 e. The van der Waals surface area contributed by atoms with Crippen LogP contribution in [0.5, 0.6) is 0 Å². The van der Waals surface area contributed by atoms with Crippen LogP contribution in [0.25, 0.3) is 11.0 Å². The first-order chi connectivity index (χ1) is 11.8. The van der Waals surface area contributed by atoms with Crippen LogP contribution in [0.1, 0.15) is 37.9 Å². The molecule has 3 rings (SSSR count). The maximum absolute atomic E-state index is 12.3. The number of Topliss-reactive ketones (excluding diaryl/α,β-unsaturated/α-hetero) is 1. The van der Waals surface area contributed by atoms with Crippen LogP contribution in [0.2, 0.25) is 0 Å². The van der Waals surface area contributed by atoms with Crippen LogP contribution in [0, 0.1) is 20.8 Å². The summed E-state index contributed by atoms with van der Waals surface area (Å²) >= 11 is 3.40. The highest BCUT2D eigenvalue weighted by Gasteiger charge is 2.21. The summed E-state index contributed by atoms with van der Waals surface area (Å²) in [7, 11) is 1.89. The summed E-state index contributed by atoms with van der Waals surface area (Å²) < 4.78 is 13.6. The van der Waals surface area contributed by atoms with Crippen molar-refractivity contribution < 1.29 is 18.7 Å². The number of furan rings is 1. The molecule has 3 aromatic rings. The molecule has 0 aliphatic heterocycles. The number of aryl methyl sites for hydroxylation is 2. The maximum atomic E-state index is 12.3. The second-order valence-electron chi connectivity index (χ2n) is 6.04. The van der Waals surface area contributed by atoms with Gasteiger partial charge in [0, 0.05) is 39.4 Å². The van der Waals surface area contributed by atoms with Crippen molar-refractivity contribution in [2.75, 3.05) is 6.61 Å². The van der Waals surface area contributed by atoms with Gasteiger partial charge in [-0.25, -0.2) is 4.79 Å². The molecule has 0 amide bonds. The molecule has 0 bridgehead atoms. The van der Waals surface area contributed by atoms with E-state index in [1.807, 2.05) is 37.6 Å². The number of nitrogens with zero attached hydrogens (tertiary/aromatic N) is 1. The summed E-state index contributed by atoms with van der Waals surface area (Å²) in [5.74, 6) is -0.739. The molecule has 0 radical (unpaired) electrons. The first kappa shape index (κ1) is 17.5. The molecule has 2 heterocycles. The number of carbonyl (C=O) groups is 2. The number of fused-ring (bicyclic) bond motifs is 1. The predicted octanol–water partition coefficient (Wildman–Crippen LogP) is 4.50. The number of carbonyl (C=O) groups excluding carboxylic acids is 2. The first-order valence-electron chi connectivity index (χ1n) is 7.81. The first-order valence-corrected chi connectivity index (χ1v) is 8.60. The van der Waals surface area contributed by atoms with Gasteiger partial charge < -0.3 is 13.7 Å². The van der Waals surface area contributed by atoms with E-state index in [2.05, 4.69) is 15.9 Å². The van der Waals surface area contributed by atoms with Crippen LogP contribution in [-0.2, 0) is 11.8 Å². The monoisotopic (exact) mass is 403 g/mol. The Bertz CT molecular complexity index is 997. The fourth-order valence-corrected chi connectivity index (χ4v) is 3.16. The summed E-state index contributed by atoms with van der Waals surface area (Å²) in [6, 6.07) is 7.30. The van der Waals surface area contributed by atoms with Gasteiger partial charge in [0.05, 0.1) is 0 Å². The van der Waals surface area contributed by atoms with E-state index >= 15 is 0 Å². The number of aromatic nitrogens is 1. The number of hydrogen-bond acceptors (Lipinski definition) is 4. The van der Waals surface area contributed by atoms with Gasteiger partial charge in [0.15, 0.2) is 6.61 Å². The molecule has 0 aliphatic carbocycles. The van der Waals surface area contributed by atoms with E-state index < -0.39 is 5.97 Å². The number of halogens is 1. The smallest absolute Gasteiger partial charge is 0.375 e.